The van der Waals surface area contributed by atoms with Crippen molar-refractivity contribution in [1.82, 2.24) is 14.5 Å². The van der Waals surface area contributed by atoms with Gasteiger partial charge < -0.3 is 24.7 Å². The Hall–Kier alpha value is -2.64. The fourth-order valence-electron chi connectivity index (χ4n) is 4.48. The van der Waals surface area contributed by atoms with E-state index in [9.17, 15) is 4.79 Å². The van der Waals surface area contributed by atoms with Crippen LogP contribution in [0.3, 0.4) is 0 Å². The van der Waals surface area contributed by atoms with E-state index in [1.165, 1.54) is 0 Å². The summed E-state index contributed by atoms with van der Waals surface area (Å²) < 4.78 is 13.4. The van der Waals surface area contributed by atoms with Gasteiger partial charge in [-0.1, -0.05) is 18.7 Å². The van der Waals surface area contributed by atoms with Gasteiger partial charge in [-0.15, -0.1) is 0 Å². The molecule has 1 unspecified atom stereocenters. The van der Waals surface area contributed by atoms with Crippen molar-refractivity contribution in [2.45, 2.75) is 63.9 Å². The van der Waals surface area contributed by atoms with Crippen LogP contribution >= 0.6 is 0 Å². The first-order chi connectivity index (χ1) is 15.2. The minimum atomic E-state index is -0.607. The molecule has 1 aromatic carbocycles. The van der Waals surface area contributed by atoms with Gasteiger partial charge in [0, 0.05) is 24.4 Å². The Labute approximate surface area is 189 Å². The van der Waals surface area contributed by atoms with E-state index in [4.69, 9.17) is 15.2 Å². The number of amides is 1. The Morgan fingerprint density at radius 3 is 2.59 bits per heavy atom. The van der Waals surface area contributed by atoms with Crippen molar-refractivity contribution in [2.24, 2.45) is 11.7 Å². The maximum atomic E-state index is 12.7. The van der Waals surface area contributed by atoms with Gasteiger partial charge in [0.25, 0.3) is 0 Å². The van der Waals surface area contributed by atoms with Crippen LogP contribution in [0.25, 0.3) is 12.7 Å². The first-order valence-corrected chi connectivity index (χ1v) is 11.3. The SMILES string of the molecule is C=c1/c(=C\C(N)O[C@H](C)[C@@H]2CC(=O)N([C@H](C)c3ccc(OC)cc3)C2)ncn1C1(C)CC1. The number of carbonyl (C=O) groups excluding carboxylic acids is 1. The van der Waals surface area contributed by atoms with Crippen molar-refractivity contribution < 1.29 is 14.3 Å². The van der Waals surface area contributed by atoms with E-state index in [2.05, 4.69) is 30.0 Å². The van der Waals surface area contributed by atoms with Gasteiger partial charge in [-0.25, -0.2) is 4.98 Å². The van der Waals surface area contributed by atoms with Crippen molar-refractivity contribution in [3.05, 3.63) is 46.9 Å². The fraction of sp³-hybridized carbons (Fsp3) is 0.520. The van der Waals surface area contributed by atoms with Gasteiger partial charge in [-0.05, 0) is 57.4 Å². The highest BCUT2D eigenvalue weighted by Crippen LogP contribution is 2.41. The highest BCUT2D eigenvalue weighted by atomic mass is 16.5. The summed E-state index contributed by atoms with van der Waals surface area (Å²) in [6.07, 6.45) is 5.64. The Morgan fingerprint density at radius 2 is 1.97 bits per heavy atom. The highest BCUT2D eigenvalue weighted by Gasteiger charge is 2.39. The van der Waals surface area contributed by atoms with E-state index < -0.39 is 6.23 Å². The Balaban J connectivity index is 1.38. The molecule has 4 atom stereocenters. The molecule has 1 aliphatic heterocycles. The lowest BCUT2D eigenvalue weighted by Crippen LogP contribution is -2.38. The predicted octanol–water partition coefficient (Wildman–Crippen LogP) is 1.89. The summed E-state index contributed by atoms with van der Waals surface area (Å²) in [6, 6.07) is 7.85. The quantitative estimate of drug-likeness (QED) is 0.637. The molecule has 0 bridgehead atoms. The van der Waals surface area contributed by atoms with Gasteiger partial charge in [-0.3, -0.25) is 4.79 Å². The molecule has 7 heteroatoms. The lowest BCUT2D eigenvalue weighted by molar-refractivity contribution is -0.129. The molecule has 2 aliphatic rings. The lowest BCUT2D eigenvalue weighted by atomic mass is 10.0. The molecular formula is C25H34N4O3. The van der Waals surface area contributed by atoms with Crippen molar-refractivity contribution in [2.75, 3.05) is 13.7 Å². The van der Waals surface area contributed by atoms with E-state index in [0.29, 0.717) is 13.0 Å². The number of rotatable bonds is 8. The Kier molecular flexibility index (Phi) is 6.14. The van der Waals surface area contributed by atoms with Crippen LogP contribution < -0.4 is 21.2 Å². The number of aromatic nitrogens is 2. The summed E-state index contributed by atoms with van der Waals surface area (Å²) in [4.78, 5) is 19.1. The van der Waals surface area contributed by atoms with E-state index in [-0.39, 0.29) is 29.5 Å². The van der Waals surface area contributed by atoms with Crippen LogP contribution in [0.2, 0.25) is 0 Å². The van der Waals surface area contributed by atoms with Crippen LogP contribution in [0.5, 0.6) is 5.75 Å². The Morgan fingerprint density at radius 1 is 1.28 bits per heavy atom. The van der Waals surface area contributed by atoms with Crippen molar-refractivity contribution >= 4 is 18.6 Å². The molecular weight excluding hydrogens is 404 g/mol. The summed E-state index contributed by atoms with van der Waals surface area (Å²) >= 11 is 0. The van der Waals surface area contributed by atoms with Crippen LogP contribution in [-0.2, 0) is 15.1 Å². The topological polar surface area (TPSA) is 82.6 Å². The van der Waals surface area contributed by atoms with Crippen LogP contribution in [0.1, 0.15) is 51.6 Å². The average Bonchev–Trinajstić information content (AvgIpc) is 3.22. The van der Waals surface area contributed by atoms with Gasteiger partial charge >= 0.3 is 0 Å². The molecule has 2 heterocycles. The molecule has 2 N–H and O–H groups in total. The molecule has 1 aliphatic carbocycles. The van der Waals surface area contributed by atoms with Gasteiger partial charge in [-0.2, -0.15) is 0 Å². The third kappa shape index (κ3) is 4.45. The van der Waals surface area contributed by atoms with E-state index in [1.54, 1.807) is 7.11 Å². The van der Waals surface area contributed by atoms with Crippen LogP contribution in [-0.4, -0.2) is 46.3 Å². The lowest BCUT2D eigenvalue weighted by Gasteiger charge is -2.27. The third-order valence-electron chi connectivity index (χ3n) is 7.07. The van der Waals surface area contributed by atoms with Crippen molar-refractivity contribution in [1.29, 1.82) is 0 Å². The maximum Gasteiger partial charge on any atom is 0.223 e. The molecule has 1 saturated heterocycles. The van der Waals surface area contributed by atoms with Gasteiger partial charge in [0.15, 0.2) is 0 Å². The third-order valence-corrected chi connectivity index (χ3v) is 7.07. The number of nitrogens with zero attached hydrogens (tertiary/aromatic N) is 3. The standard InChI is InChI=1S/C25H34N4O3/c1-16(19-6-8-21(31-5)9-7-19)28-14-20(12-24(28)30)18(3)32-23(26)13-22-17(2)29(15-27-22)25(4)10-11-25/h6-9,13,15-16,18,20,23H,2,10-12,14,26H2,1,3-5H3/b22-13+/t16-,18-,20-,23?/m1/s1. The number of benzene rings is 1. The number of carbonyl (C=O) groups is 1. The predicted molar refractivity (Wildman–Crippen MR) is 124 cm³/mol. The monoisotopic (exact) mass is 438 g/mol. The maximum absolute atomic E-state index is 12.7. The fourth-order valence-corrected chi connectivity index (χ4v) is 4.48. The van der Waals surface area contributed by atoms with Crippen LogP contribution in [0.4, 0.5) is 0 Å². The Bertz CT molecular complexity index is 1070. The number of ether oxygens (including phenoxy) is 2. The average molecular weight is 439 g/mol. The number of likely N-dealkylation sites (tertiary alicyclic amines) is 1. The number of hydrogen-bond donors (Lipinski definition) is 1. The van der Waals surface area contributed by atoms with E-state index in [1.807, 2.05) is 48.5 Å². The summed E-state index contributed by atoms with van der Waals surface area (Å²) in [7, 11) is 1.65. The molecule has 172 valence electrons. The first kappa shape index (κ1) is 22.6. The number of imidazole rings is 1. The van der Waals surface area contributed by atoms with Gasteiger partial charge in [0.05, 0.1) is 36.3 Å². The summed E-state index contributed by atoms with van der Waals surface area (Å²) in [5, 5.41) is 1.63. The summed E-state index contributed by atoms with van der Waals surface area (Å²) in [5.74, 6) is 1.04. The molecule has 0 spiro atoms. The summed E-state index contributed by atoms with van der Waals surface area (Å²) in [6.45, 7) is 11.1. The first-order valence-electron chi connectivity index (χ1n) is 11.3. The molecule has 1 aromatic heterocycles. The summed E-state index contributed by atoms with van der Waals surface area (Å²) in [5.41, 5.74) is 7.49. The molecule has 1 amide bonds. The molecule has 4 rings (SSSR count). The van der Waals surface area contributed by atoms with Crippen LogP contribution in [0, 0.1) is 5.92 Å². The molecule has 2 fully saturated rings. The molecule has 32 heavy (non-hydrogen) atoms. The zero-order valence-electron chi connectivity index (χ0n) is 19.5. The van der Waals surface area contributed by atoms with Crippen molar-refractivity contribution in [3.8, 4) is 5.75 Å². The van der Waals surface area contributed by atoms with Crippen LogP contribution in [0.15, 0.2) is 30.6 Å². The van der Waals surface area contributed by atoms with E-state index >= 15 is 0 Å². The highest BCUT2D eigenvalue weighted by molar-refractivity contribution is 5.79. The molecule has 1 saturated carbocycles. The van der Waals surface area contributed by atoms with Crippen molar-refractivity contribution in [3.63, 3.8) is 0 Å². The van der Waals surface area contributed by atoms with Gasteiger partial charge in [0.2, 0.25) is 5.91 Å². The molecule has 7 nitrogen and oxygen atoms in total. The minimum absolute atomic E-state index is 0.00711. The number of methoxy groups -OCH3 is 1. The molecule has 2 aromatic rings. The largest absolute Gasteiger partial charge is 0.497 e. The second kappa shape index (κ2) is 8.71. The second-order valence-electron chi connectivity index (χ2n) is 9.38. The molecule has 0 radical (unpaired) electrons. The minimum Gasteiger partial charge on any atom is -0.497 e. The zero-order chi connectivity index (χ0) is 23.0. The number of hydrogen-bond acceptors (Lipinski definition) is 5. The zero-order valence-corrected chi connectivity index (χ0v) is 19.5. The van der Waals surface area contributed by atoms with Gasteiger partial charge in [0.1, 0.15) is 12.0 Å². The smallest absolute Gasteiger partial charge is 0.223 e. The number of nitrogens with two attached hydrogens (primary N) is 1. The van der Waals surface area contributed by atoms with E-state index in [0.717, 1.165) is 34.9 Å². The normalized spacial score (nSPS) is 23.3. The second-order valence-corrected chi connectivity index (χ2v) is 9.38.